The first kappa shape index (κ1) is 56.4. The molecule has 4 aromatic carbocycles. The Hall–Kier alpha value is -3.97. The van der Waals surface area contributed by atoms with Crippen LogP contribution in [0.25, 0.3) is 32.4 Å². The van der Waals surface area contributed by atoms with Gasteiger partial charge in [-0.15, -0.1) is 0 Å². The van der Waals surface area contributed by atoms with Crippen molar-refractivity contribution in [3.8, 4) is 11.5 Å². The van der Waals surface area contributed by atoms with Crippen LogP contribution in [0, 0.1) is 92.2 Å². The van der Waals surface area contributed by atoms with Gasteiger partial charge in [-0.2, -0.15) is 0 Å². The molecule has 27 atom stereocenters. The van der Waals surface area contributed by atoms with E-state index in [9.17, 15) is 25.5 Å². The molecule has 3 saturated heterocycles. The first-order chi connectivity index (χ1) is 43.7. The summed E-state index contributed by atoms with van der Waals surface area (Å²) in [6, 6.07) is 22.4. The number of nitrogens with one attached hydrogen (secondary N) is 2. The molecule has 12 fully saturated rings. The van der Waals surface area contributed by atoms with E-state index in [4.69, 9.17) is 18.9 Å². The van der Waals surface area contributed by atoms with E-state index in [1.807, 2.05) is 66.1 Å². The van der Waals surface area contributed by atoms with E-state index >= 15 is 9.90 Å². The van der Waals surface area contributed by atoms with E-state index in [0.29, 0.717) is 53.6 Å². The number of methoxy groups -OCH3 is 1. The number of hydrogen-bond acceptors (Lipinski definition) is 14. The fourth-order valence-corrected chi connectivity index (χ4v) is 31.0. The van der Waals surface area contributed by atoms with E-state index in [1.54, 1.807) is 0 Å². The van der Waals surface area contributed by atoms with E-state index in [2.05, 4.69) is 71.0 Å². The third-order valence-electron chi connectivity index (χ3n) is 30.7. The summed E-state index contributed by atoms with van der Waals surface area (Å²) in [4.78, 5) is 19.8. The summed E-state index contributed by atoms with van der Waals surface area (Å²) in [6.07, 6.45) is 17.9. The number of allylic oxidation sites excluding steroid dienone is 3. The van der Waals surface area contributed by atoms with Crippen molar-refractivity contribution in [1.82, 2.24) is 10.3 Å². The van der Waals surface area contributed by atoms with Gasteiger partial charge < -0.3 is 59.9 Å². The van der Waals surface area contributed by atoms with Crippen LogP contribution in [-0.4, -0.2) is 121 Å². The summed E-state index contributed by atoms with van der Waals surface area (Å²) in [7, 11) is 7.72. The van der Waals surface area contributed by atoms with E-state index < -0.39 is 93.4 Å². The lowest BCUT2D eigenvalue weighted by Crippen LogP contribution is -2.83. The van der Waals surface area contributed by atoms with E-state index in [0.717, 1.165) is 117 Å². The lowest BCUT2D eigenvalue weighted by Gasteiger charge is -2.72. The average Bonchev–Trinajstić information content (AvgIpc) is 1.42. The number of aromatic hydroxyl groups is 1. The van der Waals surface area contributed by atoms with Crippen molar-refractivity contribution in [3.05, 3.63) is 108 Å². The summed E-state index contributed by atoms with van der Waals surface area (Å²) in [5.74, 6) is -0.788. The Morgan fingerprint density at radius 1 is 0.789 bits per heavy atom. The van der Waals surface area contributed by atoms with Crippen molar-refractivity contribution in [2.24, 2.45) is 92.2 Å². The van der Waals surface area contributed by atoms with Crippen LogP contribution in [-0.2, 0) is 31.0 Å². The third-order valence-corrected chi connectivity index (χ3v) is 33.2. The number of ether oxygens (including phenoxy) is 4. The predicted molar refractivity (Wildman–Crippen MR) is 344 cm³/mol. The first-order valence-electron chi connectivity index (χ1n) is 34.8. The molecule has 5 heterocycles. The fraction of sp³-hybridized carbons (Fsp3) is 0.640. The summed E-state index contributed by atoms with van der Waals surface area (Å²) in [5, 5.41) is 90.7. The van der Waals surface area contributed by atoms with Crippen LogP contribution in [0.4, 0.5) is 0 Å². The molecule has 15 heteroatoms. The predicted octanol–water partition coefficient (Wildman–Crippen LogP) is 11.1. The van der Waals surface area contributed by atoms with Crippen LogP contribution in [0.1, 0.15) is 125 Å². The highest BCUT2D eigenvalue weighted by molar-refractivity contribution is 8.76. The second kappa shape index (κ2) is 18.7. The summed E-state index contributed by atoms with van der Waals surface area (Å²) in [6.45, 7) is -0.470. The standard InChI is InChI=1S/C75H86N2O11S2/c1-76-56-36-90-89-35-51-46-14-9-40-27-43-20-23-71(73(43,60(40)46)52-15-13-45(79)29-48(51)52)63(80)50(56)30-49-53-33-72(69-21-5-8-42(69)12-18-58-68-22-19-41(31-68)57(85-2)17-11-44(68)32-70(58,72)25-24-69)67(82)75(84)74(53,83)65(87-64(49)71)62(88-75)66(81)86-61-55(34-78)77-54-16-10-39-26-37-6-3-4-7-38(37)28-47(39)59(54)61/h3-4,6-7,10-13,15-18,26,28-29,40-44,46,49-51,53,56-58,60,62-65,67,76-80,82-84H,5,8-9,14,19-25,27,30-36H2,1-2H3. The molecule has 90 heavy (non-hydrogen) atoms. The topological polar surface area (TPSA) is 203 Å². The SMILES string of the molecule is CNC1CSSCC2c3cc(O)ccc3C34C(CCC35C(O)C1CC1C3CC6(C(O)C7(O)OC(C(=O)Oc8c(CO)[nH]c9ccc%10cc%11ccccc%11cc%10c89)C(OC15)C37O)C13CCCC1C=CC1C57CCC(C5)C(OC)C=CC7CC16CC3)CC1CCC2C14. The molecule has 6 spiro atoms. The van der Waals surface area contributed by atoms with Gasteiger partial charge in [0.05, 0.1) is 41.5 Å². The third kappa shape index (κ3) is 6.23. The maximum atomic E-state index is 16.5. The Morgan fingerprint density at radius 3 is 2.47 bits per heavy atom. The molecular formula is C75H86N2O11S2. The van der Waals surface area contributed by atoms with Gasteiger partial charge in [0.2, 0.25) is 5.79 Å². The number of esters is 1. The van der Waals surface area contributed by atoms with Crippen LogP contribution < -0.4 is 10.1 Å². The van der Waals surface area contributed by atoms with Gasteiger partial charge in [-0.05, 0) is 242 Å². The highest BCUT2D eigenvalue weighted by Gasteiger charge is 2.91. The number of hydrogen-bond donors (Lipinski definition) is 8. The highest BCUT2D eigenvalue weighted by Crippen LogP contribution is 2.89. The van der Waals surface area contributed by atoms with E-state index in [1.165, 1.54) is 11.1 Å². The Kier molecular flexibility index (Phi) is 11.7. The monoisotopic (exact) mass is 1250 g/mol. The van der Waals surface area contributed by atoms with Crippen molar-refractivity contribution >= 4 is 60.0 Å². The fourth-order valence-electron chi connectivity index (χ4n) is 28.3. The van der Waals surface area contributed by atoms with Gasteiger partial charge in [0.25, 0.3) is 0 Å². The van der Waals surface area contributed by atoms with Gasteiger partial charge in [0, 0.05) is 52.7 Å². The number of carbonyl (C=O) groups excluding carboxylic acids is 1. The van der Waals surface area contributed by atoms with Gasteiger partial charge in [0.1, 0.15) is 18.0 Å². The minimum atomic E-state index is -2.72. The molecule has 474 valence electrons. The van der Waals surface area contributed by atoms with Crippen molar-refractivity contribution in [2.75, 3.05) is 25.7 Å². The van der Waals surface area contributed by atoms with Gasteiger partial charge >= 0.3 is 5.97 Å². The number of benzene rings is 4. The zero-order valence-electron chi connectivity index (χ0n) is 51.6. The van der Waals surface area contributed by atoms with Gasteiger partial charge in [0.15, 0.2) is 17.5 Å². The molecular weight excluding hydrogens is 1170 g/mol. The number of H-pyrrole nitrogens is 1. The molecule has 12 aliphatic carbocycles. The van der Waals surface area contributed by atoms with Crippen LogP contribution in [0.2, 0.25) is 0 Å². The molecule has 4 aliphatic heterocycles. The van der Waals surface area contributed by atoms with Crippen LogP contribution in [0.5, 0.6) is 11.5 Å². The molecule has 0 radical (unpaired) electrons. The maximum Gasteiger partial charge on any atom is 0.343 e. The largest absolute Gasteiger partial charge is 0.508 e. The molecule has 21 rings (SSSR count). The number of aliphatic hydroxyl groups is 5. The minimum Gasteiger partial charge on any atom is -0.508 e. The van der Waals surface area contributed by atoms with Crippen LogP contribution in [0.15, 0.2) is 91.0 Å². The number of carbonyl (C=O) groups is 1. The van der Waals surface area contributed by atoms with Gasteiger partial charge in [-0.1, -0.05) is 88.7 Å². The van der Waals surface area contributed by atoms with Crippen molar-refractivity contribution in [1.29, 1.82) is 0 Å². The number of aromatic nitrogens is 1. The molecule has 9 saturated carbocycles. The Bertz CT molecular complexity index is 3970. The molecule has 8 bridgehead atoms. The number of phenolic OH excluding ortho intramolecular Hbond substituents is 1. The number of rotatable bonds is 5. The molecule has 5 aromatic rings. The molecule has 1 aromatic heterocycles. The average molecular weight is 1260 g/mol. The zero-order valence-corrected chi connectivity index (χ0v) is 53.2. The molecule has 0 amide bonds. The number of fused-ring (bicyclic) bond motifs is 11. The lowest BCUT2D eigenvalue weighted by molar-refractivity contribution is -0.411. The molecule has 13 nitrogen and oxygen atoms in total. The first-order valence-corrected chi connectivity index (χ1v) is 37.3. The lowest BCUT2D eigenvalue weighted by atomic mass is 9.36. The highest BCUT2D eigenvalue weighted by atomic mass is 33.1. The molecule has 8 N–H and O–H groups in total. The minimum absolute atomic E-state index is 0.0438. The second-order valence-corrected chi connectivity index (χ2v) is 34.8. The normalized spacial score (nSPS) is 50.7. The van der Waals surface area contributed by atoms with Crippen molar-refractivity contribution in [3.63, 3.8) is 0 Å². The van der Waals surface area contributed by atoms with E-state index in [-0.39, 0.29) is 70.5 Å². The quantitative estimate of drug-likeness (QED) is 0.0357. The van der Waals surface area contributed by atoms with Crippen molar-refractivity contribution < 1.29 is 54.4 Å². The Morgan fingerprint density at radius 2 is 1.62 bits per heavy atom. The molecule has 16 aliphatic rings. The number of phenols is 1. The van der Waals surface area contributed by atoms with Crippen molar-refractivity contribution in [2.45, 2.75) is 175 Å². The molecule has 27 unspecified atom stereocenters. The van der Waals surface area contributed by atoms with Crippen LogP contribution >= 0.6 is 21.6 Å². The maximum absolute atomic E-state index is 16.5. The van der Waals surface area contributed by atoms with Gasteiger partial charge in [-0.3, -0.25) is 0 Å². The van der Waals surface area contributed by atoms with Gasteiger partial charge in [-0.25, -0.2) is 4.79 Å². The Balaban J connectivity index is 0.827. The summed E-state index contributed by atoms with van der Waals surface area (Å²) in [5.41, 5.74) is -2.50. The summed E-state index contributed by atoms with van der Waals surface area (Å²) >= 11 is 0. The smallest absolute Gasteiger partial charge is 0.343 e. The summed E-state index contributed by atoms with van der Waals surface area (Å²) < 4.78 is 28.7. The number of aromatic amines is 1. The van der Waals surface area contributed by atoms with Crippen LogP contribution in [0.3, 0.4) is 0 Å². The Labute approximate surface area is 533 Å². The zero-order chi connectivity index (χ0) is 60.6. The second-order valence-electron chi connectivity index (χ2n) is 32.2. The number of aliphatic hydroxyl groups excluding tert-OH is 3.